The second-order valence-electron chi connectivity index (χ2n) is 5.60. The van der Waals surface area contributed by atoms with Crippen LogP contribution in [-0.4, -0.2) is 9.97 Å². The Morgan fingerprint density at radius 2 is 1.83 bits per heavy atom. The third kappa shape index (κ3) is 2.31. The summed E-state index contributed by atoms with van der Waals surface area (Å²) in [5.74, 6) is 0.830. The fraction of sp³-hybridized carbons (Fsp3) is 0.400. The summed E-state index contributed by atoms with van der Waals surface area (Å²) < 4.78 is 0. The number of aromatic amines is 1. The van der Waals surface area contributed by atoms with Crippen LogP contribution < -0.4 is 5.73 Å². The summed E-state index contributed by atoms with van der Waals surface area (Å²) in [6.07, 6.45) is 0. The molecule has 0 aliphatic rings. The Labute approximate surface area is 108 Å². The Balaban J connectivity index is 2.58. The molecule has 2 aromatic rings. The molecule has 1 aromatic carbocycles. The number of hydrogen-bond donors (Lipinski definition) is 2. The molecule has 0 bridgehead atoms. The van der Waals surface area contributed by atoms with E-state index in [2.05, 4.69) is 42.0 Å². The smallest absolute Gasteiger partial charge is 0.126 e. The van der Waals surface area contributed by atoms with E-state index in [4.69, 9.17) is 5.73 Å². The monoisotopic (exact) mass is 243 g/mol. The molecule has 0 aliphatic heterocycles. The van der Waals surface area contributed by atoms with E-state index in [0.29, 0.717) is 0 Å². The van der Waals surface area contributed by atoms with Crippen LogP contribution in [0.3, 0.4) is 0 Å². The van der Waals surface area contributed by atoms with Crippen molar-refractivity contribution in [1.82, 2.24) is 9.97 Å². The average Bonchev–Trinajstić information content (AvgIpc) is 2.64. The molecule has 1 aromatic heterocycles. The van der Waals surface area contributed by atoms with Gasteiger partial charge >= 0.3 is 0 Å². The number of nitrogens with zero attached hydrogens (tertiary/aromatic N) is 1. The molecular weight excluding hydrogens is 222 g/mol. The molecule has 3 N–H and O–H groups in total. The fourth-order valence-corrected chi connectivity index (χ4v) is 2.02. The highest BCUT2D eigenvalue weighted by Crippen LogP contribution is 2.27. The molecule has 1 heterocycles. The number of nitrogens with one attached hydrogen (secondary N) is 1. The molecule has 0 spiro atoms. The van der Waals surface area contributed by atoms with Crippen LogP contribution in [0.4, 0.5) is 0 Å². The Morgan fingerprint density at radius 1 is 1.17 bits per heavy atom. The number of nitrogens with two attached hydrogens (primary N) is 1. The van der Waals surface area contributed by atoms with Gasteiger partial charge in [-0.3, -0.25) is 0 Å². The first-order valence-electron chi connectivity index (χ1n) is 6.22. The van der Waals surface area contributed by atoms with Gasteiger partial charge in [-0.1, -0.05) is 17.7 Å². The summed E-state index contributed by atoms with van der Waals surface area (Å²) in [7, 11) is 0. The summed E-state index contributed by atoms with van der Waals surface area (Å²) in [5, 5.41) is 0. The number of benzene rings is 1. The molecule has 0 unspecified atom stereocenters. The number of rotatable bonds is 2. The van der Waals surface area contributed by atoms with Crippen molar-refractivity contribution in [3.63, 3.8) is 0 Å². The molecule has 3 heteroatoms. The van der Waals surface area contributed by atoms with Gasteiger partial charge in [-0.25, -0.2) is 4.98 Å². The third-order valence-corrected chi connectivity index (χ3v) is 3.14. The van der Waals surface area contributed by atoms with Gasteiger partial charge in [0.05, 0.1) is 11.2 Å². The van der Waals surface area contributed by atoms with Crippen LogP contribution in [-0.2, 0) is 5.54 Å². The standard InChI is InChI=1S/C15H21N3/c1-9-6-7-10(2)12(8-9)13-11(3)17-14(18-13)15(4,5)16/h6-8H,16H2,1-5H3,(H,17,18). The van der Waals surface area contributed by atoms with Gasteiger partial charge in [-0.15, -0.1) is 0 Å². The van der Waals surface area contributed by atoms with Gasteiger partial charge in [0.2, 0.25) is 0 Å². The van der Waals surface area contributed by atoms with Crippen LogP contribution in [0.25, 0.3) is 11.3 Å². The van der Waals surface area contributed by atoms with Gasteiger partial charge in [-0.2, -0.15) is 0 Å². The van der Waals surface area contributed by atoms with Gasteiger partial charge in [0.1, 0.15) is 5.82 Å². The predicted molar refractivity (Wildman–Crippen MR) is 75.4 cm³/mol. The highest BCUT2D eigenvalue weighted by Gasteiger charge is 2.21. The number of H-pyrrole nitrogens is 1. The van der Waals surface area contributed by atoms with E-state index in [1.165, 1.54) is 16.7 Å². The highest BCUT2D eigenvalue weighted by atomic mass is 15.0. The number of hydrogen-bond acceptors (Lipinski definition) is 2. The third-order valence-electron chi connectivity index (χ3n) is 3.14. The maximum atomic E-state index is 6.09. The predicted octanol–water partition coefficient (Wildman–Crippen LogP) is 3.20. The fourth-order valence-electron chi connectivity index (χ4n) is 2.02. The minimum Gasteiger partial charge on any atom is -0.344 e. The zero-order chi connectivity index (χ0) is 13.5. The van der Waals surface area contributed by atoms with Crippen LogP contribution in [0.15, 0.2) is 18.2 Å². The van der Waals surface area contributed by atoms with Crippen molar-refractivity contribution in [1.29, 1.82) is 0 Å². The zero-order valence-electron chi connectivity index (χ0n) is 11.8. The summed E-state index contributed by atoms with van der Waals surface area (Å²) >= 11 is 0. The van der Waals surface area contributed by atoms with Crippen molar-refractivity contribution in [2.75, 3.05) is 0 Å². The summed E-state index contributed by atoms with van der Waals surface area (Å²) in [4.78, 5) is 7.97. The quantitative estimate of drug-likeness (QED) is 0.851. The molecule has 0 fully saturated rings. The topological polar surface area (TPSA) is 54.7 Å². The molecule has 0 saturated heterocycles. The number of aromatic nitrogens is 2. The van der Waals surface area contributed by atoms with E-state index in [1.807, 2.05) is 20.8 Å². The van der Waals surface area contributed by atoms with Gasteiger partial charge < -0.3 is 10.7 Å². The van der Waals surface area contributed by atoms with Crippen molar-refractivity contribution in [3.8, 4) is 11.3 Å². The second-order valence-corrected chi connectivity index (χ2v) is 5.60. The van der Waals surface area contributed by atoms with Gasteiger partial charge in [0.25, 0.3) is 0 Å². The normalized spacial score (nSPS) is 11.9. The van der Waals surface area contributed by atoms with Gasteiger partial charge in [0.15, 0.2) is 0 Å². The summed E-state index contributed by atoms with van der Waals surface area (Å²) in [6.45, 7) is 10.2. The lowest BCUT2D eigenvalue weighted by atomic mass is 10.0. The van der Waals surface area contributed by atoms with Crippen LogP contribution in [0.5, 0.6) is 0 Å². The Kier molecular flexibility index (Phi) is 3.03. The first-order chi connectivity index (χ1) is 8.29. The van der Waals surface area contributed by atoms with Crippen LogP contribution >= 0.6 is 0 Å². The zero-order valence-corrected chi connectivity index (χ0v) is 11.8. The average molecular weight is 243 g/mol. The van der Waals surface area contributed by atoms with E-state index < -0.39 is 5.54 Å². The number of imidazole rings is 1. The van der Waals surface area contributed by atoms with E-state index in [9.17, 15) is 0 Å². The van der Waals surface area contributed by atoms with E-state index >= 15 is 0 Å². The Bertz CT molecular complexity index is 574. The number of aryl methyl sites for hydroxylation is 3. The molecule has 3 nitrogen and oxygen atoms in total. The maximum Gasteiger partial charge on any atom is 0.126 e. The summed E-state index contributed by atoms with van der Waals surface area (Å²) in [5.41, 5.74) is 11.4. The minimum absolute atomic E-state index is 0.444. The molecule has 0 atom stereocenters. The highest BCUT2D eigenvalue weighted by molar-refractivity contribution is 5.66. The first kappa shape index (κ1) is 12.8. The van der Waals surface area contributed by atoms with Crippen molar-refractivity contribution >= 4 is 0 Å². The molecule has 2 rings (SSSR count). The maximum absolute atomic E-state index is 6.09. The van der Waals surface area contributed by atoms with Crippen molar-refractivity contribution in [2.24, 2.45) is 5.73 Å². The van der Waals surface area contributed by atoms with E-state index in [-0.39, 0.29) is 0 Å². The van der Waals surface area contributed by atoms with Crippen molar-refractivity contribution in [3.05, 3.63) is 40.8 Å². The van der Waals surface area contributed by atoms with Crippen LogP contribution in [0, 0.1) is 20.8 Å². The largest absolute Gasteiger partial charge is 0.344 e. The lowest BCUT2D eigenvalue weighted by Gasteiger charge is -2.14. The molecule has 96 valence electrons. The van der Waals surface area contributed by atoms with Crippen molar-refractivity contribution < 1.29 is 0 Å². The minimum atomic E-state index is -0.444. The van der Waals surface area contributed by atoms with Gasteiger partial charge in [-0.05, 0) is 46.2 Å². The van der Waals surface area contributed by atoms with E-state index in [0.717, 1.165) is 17.2 Å². The molecule has 18 heavy (non-hydrogen) atoms. The lowest BCUT2D eigenvalue weighted by Crippen LogP contribution is -2.30. The van der Waals surface area contributed by atoms with E-state index in [1.54, 1.807) is 0 Å². The second kappa shape index (κ2) is 4.25. The molecule has 0 saturated carbocycles. The Hall–Kier alpha value is -1.61. The summed E-state index contributed by atoms with van der Waals surface area (Å²) in [6, 6.07) is 6.42. The molecule has 0 aliphatic carbocycles. The molecule has 0 radical (unpaired) electrons. The SMILES string of the molecule is Cc1ccc(C)c(-c2nc(C(C)(C)N)[nH]c2C)c1. The molecule has 0 amide bonds. The lowest BCUT2D eigenvalue weighted by molar-refractivity contribution is 0.520. The van der Waals surface area contributed by atoms with Crippen LogP contribution in [0.2, 0.25) is 0 Å². The van der Waals surface area contributed by atoms with Crippen LogP contribution in [0.1, 0.15) is 36.5 Å². The molecular formula is C15H21N3. The Morgan fingerprint density at radius 3 is 2.39 bits per heavy atom. The first-order valence-corrected chi connectivity index (χ1v) is 6.22. The van der Waals surface area contributed by atoms with Crippen molar-refractivity contribution in [2.45, 2.75) is 40.2 Å². The van der Waals surface area contributed by atoms with Gasteiger partial charge in [0, 0.05) is 11.3 Å².